The van der Waals surface area contributed by atoms with Crippen LogP contribution in [0.1, 0.15) is 15.6 Å². The van der Waals surface area contributed by atoms with Crippen molar-refractivity contribution in [1.82, 2.24) is 9.88 Å². The van der Waals surface area contributed by atoms with Gasteiger partial charge in [-0.1, -0.05) is 0 Å². The molecule has 0 radical (unpaired) electrons. The van der Waals surface area contributed by atoms with Crippen molar-refractivity contribution >= 4 is 11.3 Å². The van der Waals surface area contributed by atoms with Gasteiger partial charge in [0.05, 0.1) is 44.5 Å². The molecular formula is C12H17N3O2S. The molecule has 0 N–H and O–H groups in total. The third kappa shape index (κ3) is 3.50. The highest BCUT2D eigenvalue weighted by atomic mass is 32.1. The molecule has 0 spiro atoms. The number of nitrogens with zero attached hydrogens (tertiary/aromatic N) is 3. The van der Waals surface area contributed by atoms with Crippen LogP contribution in [0.3, 0.4) is 0 Å². The van der Waals surface area contributed by atoms with E-state index < -0.39 is 0 Å². The lowest BCUT2D eigenvalue weighted by Gasteiger charge is -2.25. The maximum absolute atomic E-state index is 8.80. The molecule has 0 aliphatic carbocycles. The summed E-state index contributed by atoms with van der Waals surface area (Å²) in [5.74, 6) is 0. The van der Waals surface area contributed by atoms with Gasteiger partial charge in [-0.25, -0.2) is 4.98 Å². The summed E-state index contributed by atoms with van der Waals surface area (Å²) in [5, 5.41) is 9.87. The molecular weight excluding hydrogens is 250 g/mol. The van der Waals surface area contributed by atoms with Crippen molar-refractivity contribution in [2.45, 2.75) is 19.6 Å². The summed E-state index contributed by atoms with van der Waals surface area (Å²) in [6.45, 7) is 4.81. The first-order chi connectivity index (χ1) is 8.83. The van der Waals surface area contributed by atoms with Crippen LogP contribution in [0.25, 0.3) is 0 Å². The van der Waals surface area contributed by atoms with Crippen LogP contribution in [0.4, 0.5) is 0 Å². The van der Waals surface area contributed by atoms with Crippen molar-refractivity contribution < 1.29 is 9.47 Å². The fourth-order valence-electron chi connectivity index (χ4n) is 1.91. The van der Waals surface area contributed by atoms with E-state index in [9.17, 15) is 0 Å². The molecule has 5 nitrogen and oxygen atoms in total. The van der Waals surface area contributed by atoms with Crippen LogP contribution < -0.4 is 0 Å². The Morgan fingerprint density at radius 2 is 2.28 bits per heavy atom. The van der Waals surface area contributed by atoms with Gasteiger partial charge in [0.15, 0.2) is 0 Å². The Hall–Kier alpha value is -1.00. The fourth-order valence-corrected chi connectivity index (χ4v) is 2.96. The van der Waals surface area contributed by atoms with Gasteiger partial charge < -0.3 is 9.47 Å². The number of aromatic nitrogens is 1. The van der Waals surface area contributed by atoms with Crippen LogP contribution in [-0.4, -0.2) is 43.3 Å². The molecule has 0 bridgehead atoms. The Kier molecular flexibility index (Phi) is 5.08. The molecule has 1 aliphatic heterocycles. The van der Waals surface area contributed by atoms with Gasteiger partial charge in [0.1, 0.15) is 5.01 Å². The van der Waals surface area contributed by atoms with Crippen molar-refractivity contribution in [2.75, 3.05) is 33.4 Å². The first-order valence-electron chi connectivity index (χ1n) is 5.97. The van der Waals surface area contributed by atoms with E-state index in [1.165, 1.54) is 0 Å². The molecule has 18 heavy (non-hydrogen) atoms. The first kappa shape index (κ1) is 13.4. The Morgan fingerprint density at radius 3 is 2.94 bits per heavy atom. The summed E-state index contributed by atoms with van der Waals surface area (Å²) in [5.41, 5.74) is 0.910. The predicted molar refractivity (Wildman–Crippen MR) is 68.2 cm³/mol. The number of nitriles is 1. The minimum Gasteiger partial charge on any atom is -0.379 e. The second-order valence-corrected chi connectivity index (χ2v) is 5.30. The molecule has 98 valence electrons. The smallest absolute Gasteiger partial charge is 0.107 e. The maximum Gasteiger partial charge on any atom is 0.107 e. The van der Waals surface area contributed by atoms with Gasteiger partial charge in [0, 0.05) is 25.1 Å². The predicted octanol–water partition coefficient (Wildman–Crippen LogP) is 1.19. The van der Waals surface area contributed by atoms with Crippen LogP contribution in [0.15, 0.2) is 0 Å². The van der Waals surface area contributed by atoms with Gasteiger partial charge in [0.2, 0.25) is 0 Å². The monoisotopic (exact) mass is 267 g/mol. The topological polar surface area (TPSA) is 58.4 Å². The number of hydrogen-bond donors (Lipinski definition) is 0. The van der Waals surface area contributed by atoms with Gasteiger partial charge in [-0.2, -0.15) is 5.26 Å². The molecule has 1 aromatic heterocycles. The highest BCUT2D eigenvalue weighted by molar-refractivity contribution is 7.11. The third-order valence-corrected chi connectivity index (χ3v) is 3.89. The highest BCUT2D eigenvalue weighted by Crippen LogP contribution is 2.21. The maximum atomic E-state index is 8.80. The average molecular weight is 267 g/mol. The Morgan fingerprint density at radius 1 is 1.50 bits per heavy atom. The molecule has 1 aromatic rings. The van der Waals surface area contributed by atoms with Crippen LogP contribution in [0.2, 0.25) is 0 Å². The van der Waals surface area contributed by atoms with E-state index in [-0.39, 0.29) is 0 Å². The van der Waals surface area contributed by atoms with E-state index >= 15 is 0 Å². The average Bonchev–Trinajstić information content (AvgIpc) is 2.74. The Bertz CT molecular complexity index is 421. The van der Waals surface area contributed by atoms with E-state index in [2.05, 4.69) is 16.0 Å². The normalized spacial score (nSPS) is 16.7. The third-order valence-electron chi connectivity index (χ3n) is 2.81. The molecule has 6 heteroatoms. The van der Waals surface area contributed by atoms with Gasteiger partial charge in [-0.15, -0.1) is 11.3 Å². The molecule has 0 aromatic carbocycles. The van der Waals surface area contributed by atoms with Gasteiger partial charge >= 0.3 is 0 Å². The van der Waals surface area contributed by atoms with E-state index in [4.69, 9.17) is 14.7 Å². The van der Waals surface area contributed by atoms with Crippen molar-refractivity contribution in [1.29, 1.82) is 5.26 Å². The van der Waals surface area contributed by atoms with Crippen LogP contribution in [0.5, 0.6) is 0 Å². The zero-order valence-corrected chi connectivity index (χ0v) is 11.3. The lowest BCUT2D eigenvalue weighted by atomic mass is 10.3. The number of morpholine rings is 1. The quantitative estimate of drug-likeness (QED) is 0.802. The summed E-state index contributed by atoms with van der Waals surface area (Å²) in [6.07, 6.45) is 0.416. The summed E-state index contributed by atoms with van der Waals surface area (Å²) in [4.78, 5) is 7.93. The first-order valence-corrected chi connectivity index (χ1v) is 6.78. The SMILES string of the molecule is COCc1nc(CN2CCOCC2)sc1CC#N. The summed E-state index contributed by atoms with van der Waals surface area (Å²) < 4.78 is 10.4. The summed E-state index contributed by atoms with van der Waals surface area (Å²) >= 11 is 1.62. The van der Waals surface area contributed by atoms with E-state index in [1.54, 1.807) is 18.4 Å². The fraction of sp³-hybridized carbons (Fsp3) is 0.667. The standard InChI is InChI=1S/C12H17N3O2S/c1-16-9-10-11(2-3-13)18-12(14-10)8-15-4-6-17-7-5-15/h2,4-9H2,1H3. The molecule has 0 saturated carbocycles. The van der Waals surface area contributed by atoms with Crippen molar-refractivity contribution in [3.8, 4) is 6.07 Å². The summed E-state index contributed by atoms with van der Waals surface area (Å²) in [6, 6.07) is 2.18. The Balaban J connectivity index is 2.03. The number of thiazole rings is 1. The van der Waals surface area contributed by atoms with Gasteiger partial charge in [-0.3, -0.25) is 4.90 Å². The van der Waals surface area contributed by atoms with Crippen LogP contribution in [-0.2, 0) is 29.0 Å². The highest BCUT2D eigenvalue weighted by Gasteiger charge is 2.15. The molecule has 1 saturated heterocycles. The van der Waals surface area contributed by atoms with Crippen molar-refractivity contribution in [2.24, 2.45) is 0 Å². The number of hydrogen-bond acceptors (Lipinski definition) is 6. The minimum atomic E-state index is 0.416. The largest absolute Gasteiger partial charge is 0.379 e. The molecule has 1 aliphatic rings. The van der Waals surface area contributed by atoms with Crippen LogP contribution in [0, 0.1) is 11.3 Å². The zero-order chi connectivity index (χ0) is 12.8. The molecule has 0 unspecified atom stereocenters. The van der Waals surface area contributed by atoms with Crippen LogP contribution >= 0.6 is 11.3 Å². The number of rotatable bonds is 5. The molecule has 2 heterocycles. The molecule has 0 amide bonds. The lowest BCUT2D eigenvalue weighted by Crippen LogP contribution is -2.35. The molecule has 1 fully saturated rings. The van der Waals surface area contributed by atoms with Crippen molar-refractivity contribution in [3.63, 3.8) is 0 Å². The second kappa shape index (κ2) is 6.81. The van der Waals surface area contributed by atoms with Gasteiger partial charge in [-0.05, 0) is 0 Å². The van der Waals surface area contributed by atoms with E-state index in [1.807, 2.05) is 0 Å². The summed E-state index contributed by atoms with van der Waals surface area (Å²) in [7, 11) is 1.65. The molecule has 2 rings (SSSR count). The van der Waals surface area contributed by atoms with E-state index in [0.717, 1.165) is 48.4 Å². The zero-order valence-electron chi connectivity index (χ0n) is 10.5. The van der Waals surface area contributed by atoms with Gasteiger partial charge in [0.25, 0.3) is 0 Å². The van der Waals surface area contributed by atoms with E-state index in [0.29, 0.717) is 13.0 Å². The van der Waals surface area contributed by atoms with Crippen molar-refractivity contribution in [3.05, 3.63) is 15.6 Å². The second-order valence-electron chi connectivity index (χ2n) is 4.13. The lowest BCUT2D eigenvalue weighted by molar-refractivity contribution is 0.0341. The number of methoxy groups -OCH3 is 1. The number of ether oxygens (including phenoxy) is 2. The minimum absolute atomic E-state index is 0.416. The Labute approximate surface area is 111 Å². The molecule has 0 atom stereocenters.